The van der Waals surface area contributed by atoms with E-state index in [0.29, 0.717) is 12.4 Å². The summed E-state index contributed by atoms with van der Waals surface area (Å²) in [5.41, 5.74) is 0.0977. The number of carbonyl (C=O) groups excluding carboxylic acids is 1. The Bertz CT molecular complexity index is 495. The molecule has 0 bridgehead atoms. The Labute approximate surface area is 131 Å². The van der Waals surface area contributed by atoms with Crippen LogP contribution in [0.15, 0.2) is 15.7 Å². The number of rotatable bonds is 7. The van der Waals surface area contributed by atoms with Crippen molar-refractivity contribution >= 4 is 39.6 Å². The number of aromatic nitrogens is 2. The number of nitrogens with zero attached hydrogens (tertiary/aromatic N) is 2. The normalized spacial score (nSPS) is 15.8. The molecule has 1 saturated carbocycles. The van der Waals surface area contributed by atoms with E-state index in [2.05, 4.69) is 31.2 Å². The summed E-state index contributed by atoms with van der Waals surface area (Å²) in [5, 5.41) is 4.01. The molecule has 0 aromatic carbocycles. The molecular weight excluding hydrogens is 342 g/mol. The highest BCUT2D eigenvalue weighted by Gasteiger charge is 2.44. The van der Waals surface area contributed by atoms with E-state index in [0.717, 1.165) is 34.6 Å². The topological polar surface area (TPSA) is 64.1 Å². The Kier molecular flexibility index (Phi) is 5.26. The van der Waals surface area contributed by atoms with Crippen LogP contribution in [0, 0.1) is 5.41 Å². The third-order valence-electron chi connectivity index (χ3n) is 3.27. The number of carbonyl (C=O) groups is 1. The number of anilines is 1. The summed E-state index contributed by atoms with van der Waals surface area (Å²) in [6.45, 7) is 2.80. The maximum absolute atomic E-state index is 11.4. The lowest BCUT2D eigenvalue weighted by molar-refractivity contribution is -0.141. The summed E-state index contributed by atoms with van der Waals surface area (Å²) in [4.78, 5) is 20.1. The van der Waals surface area contributed by atoms with Gasteiger partial charge < -0.3 is 10.1 Å². The molecule has 0 spiro atoms. The zero-order valence-electron chi connectivity index (χ0n) is 11.6. The van der Waals surface area contributed by atoms with Crippen molar-refractivity contribution in [3.05, 3.63) is 10.7 Å². The number of nitrogens with one attached hydrogen (secondary N) is 1. The van der Waals surface area contributed by atoms with Crippen LogP contribution in [-0.2, 0) is 9.53 Å². The molecular formula is C13H18BrN3O2S. The van der Waals surface area contributed by atoms with Crippen molar-refractivity contribution in [3.63, 3.8) is 0 Å². The highest BCUT2D eigenvalue weighted by Crippen LogP contribution is 2.52. The van der Waals surface area contributed by atoms with Crippen LogP contribution in [0.3, 0.4) is 0 Å². The molecule has 0 saturated heterocycles. The van der Waals surface area contributed by atoms with Crippen molar-refractivity contribution in [3.8, 4) is 0 Å². The minimum Gasteiger partial charge on any atom is -0.469 e. The predicted molar refractivity (Wildman–Crippen MR) is 82.9 cm³/mol. The van der Waals surface area contributed by atoms with Gasteiger partial charge in [-0.1, -0.05) is 0 Å². The molecule has 0 unspecified atom stereocenters. The minimum absolute atomic E-state index is 0.0977. The van der Waals surface area contributed by atoms with Crippen molar-refractivity contribution in [1.82, 2.24) is 9.97 Å². The second-order valence-corrected chi connectivity index (χ2v) is 6.74. The van der Waals surface area contributed by atoms with Gasteiger partial charge in [-0.3, -0.25) is 4.79 Å². The van der Waals surface area contributed by atoms with Gasteiger partial charge in [0.25, 0.3) is 0 Å². The van der Waals surface area contributed by atoms with Gasteiger partial charge in [0.2, 0.25) is 5.95 Å². The van der Waals surface area contributed by atoms with Crippen molar-refractivity contribution in [2.45, 2.75) is 31.2 Å². The first-order valence-corrected chi connectivity index (χ1v) is 8.32. The fraction of sp³-hybridized carbons (Fsp3) is 0.615. The molecule has 1 fully saturated rings. The summed E-state index contributed by atoms with van der Waals surface area (Å²) in [6.07, 6.45) is 4.42. The van der Waals surface area contributed by atoms with Crippen LogP contribution in [0.25, 0.3) is 0 Å². The van der Waals surface area contributed by atoms with Crippen molar-refractivity contribution in [1.29, 1.82) is 0 Å². The molecule has 2 rings (SSSR count). The Morgan fingerprint density at radius 1 is 1.60 bits per heavy atom. The molecule has 1 aromatic rings. The first kappa shape index (κ1) is 15.6. The molecule has 0 atom stereocenters. The predicted octanol–water partition coefficient (Wildman–Crippen LogP) is 3.11. The fourth-order valence-corrected chi connectivity index (χ4v) is 3.55. The average molecular weight is 360 g/mol. The molecule has 0 aliphatic heterocycles. The van der Waals surface area contributed by atoms with Gasteiger partial charge in [-0.05, 0) is 41.1 Å². The zero-order valence-corrected chi connectivity index (χ0v) is 14.0. The first-order chi connectivity index (χ1) is 9.58. The smallest absolute Gasteiger partial charge is 0.306 e. The lowest BCUT2D eigenvalue weighted by Gasteiger charge is -2.13. The first-order valence-electron chi connectivity index (χ1n) is 6.54. The molecule has 1 heterocycles. The van der Waals surface area contributed by atoms with E-state index >= 15 is 0 Å². The molecule has 1 aliphatic carbocycles. The third-order valence-corrected chi connectivity index (χ3v) is 5.45. The van der Waals surface area contributed by atoms with Crippen LogP contribution in [0.1, 0.15) is 26.2 Å². The van der Waals surface area contributed by atoms with Gasteiger partial charge in [-0.2, -0.15) is 0 Å². The van der Waals surface area contributed by atoms with Crippen molar-refractivity contribution in [2.75, 3.05) is 24.7 Å². The van der Waals surface area contributed by atoms with Crippen LogP contribution < -0.4 is 5.32 Å². The summed E-state index contributed by atoms with van der Waals surface area (Å²) in [7, 11) is 1.44. The average Bonchev–Trinajstić information content (AvgIpc) is 3.19. The molecule has 110 valence electrons. The van der Waals surface area contributed by atoms with Crippen LogP contribution in [0.4, 0.5) is 5.95 Å². The number of hydrogen-bond acceptors (Lipinski definition) is 6. The Morgan fingerprint density at radius 2 is 2.35 bits per heavy atom. The number of halogens is 1. The molecule has 1 N–H and O–H groups in total. The van der Waals surface area contributed by atoms with Crippen LogP contribution in [0.2, 0.25) is 0 Å². The minimum atomic E-state index is -0.127. The molecule has 20 heavy (non-hydrogen) atoms. The third kappa shape index (κ3) is 4.09. The molecule has 0 amide bonds. The number of thioether (sulfide) groups is 1. The molecule has 1 aromatic heterocycles. The van der Waals surface area contributed by atoms with Crippen LogP contribution >= 0.6 is 27.7 Å². The summed E-state index contributed by atoms with van der Waals surface area (Å²) in [6, 6.07) is 0. The van der Waals surface area contributed by atoms with Gasteiger partial charge in [0.05, 0.1) is 18.0 Å². The van der Waals surface area contributed by atoms with E-state index in [1.165, 1.54) is 7.11 Å². The lowest BCUT2D eigenvalue weighted by Crippen LogP contribution is -2.13. The number of methoxy groups -OCH3 is 1. The van der Waals surface area contributed by atoms with E-state index in [4.69, 9.17) is 4.74 Å². The van der Waals surface area contributed by atoms with Gasteiger partial charge >= 0.3 is 5.97 Å². The standard InChI is InChI=1S/C13H18BrN3O2S/c1-3-15-12-16-7-9(14)11(17-12)20-8-13(4-5-13)6-10(18)19-2/h7H,3-6,8H2,1-2H3,(H,15,16,17). The van der Waals surface area contributed by atoms with E-state index in [1.807, 2.05) is 6.92 Å². The van der Waals surface area contributed by atoms with Crippen LogP contribution in [-0.4, -0.2) is 35.3 Å². The van der Waals surface area contributed by atoms with Gasteiger partial charge in [0, 0.05) is 18.5 Å². The number of esters is 1. The summed E-state index contributed by atoms with van der Waals surface area (Å²) < 4.78 is 5.65. The number of ether oxygens (including phenoxy) is 1. The quantitative estimate of drug-likeness (QED) is 0.458. The molecule has 0 radical (unpaired) electrons. The highest BCUT2D eigenvalue weighted by molar-refractivity contribution is 9.10. The summed E-state index contributed by atoms with van der Waals surface area (Å²) >= 11 is 5.13. The molecule has 5 nitrogen and oxygen atoms in total. The molecule has 7 heteroatoms. The monoisotopic (exact) mass is 359 g/mol. The Morgan fingerprint density at radius 3 is 2.95 bits per heavy atom. The Hall–Kier alpha value is -0.820. The summed E-state index contributed by atoms with van der Waals surface area (Å²) in [5.74, 6) is 1.39. The van der Waals surface area contributed by atoms with Gasteiger partial charge in [0.1, 0.15) is 5.03 Å². The van der Waals surface area contributed by atoms with E-state index in [-0.39, 0.29) is 11.4 Å². The Balaban J connectivity index is 1.96. The maximum Gasteiger partial charge on any atom is 0.306 e. The second kappa shape index (κ2) is 6.76. The second-order valence-electron chi connectivity index (χ2n) is 4.92. The van der Waals surface area contributed by atoms with Crippen LogP contribution in [0.5, 0.6) is 0 Å². The van der Waals surface area contributed by atoms with Gasteiger partial charge in [0.15, 0.2) is 0 Å². The van der Waals surface area contributed by atoms with E-state index < -0.39 is 0 Å². The highest BCUT2D eigenvalue weighted by atomic mass is 79.9. The fourth-order valence-electron chi connectivity index (χ4n) is 1.84. The molecule has 1 aliphatic rings. The van der Waals surface area contributed by atoms with Gasteiger partial charge in [-0.15, -0.1) is 11.8 Å². The number of hydrogen-bond donors (Lipinski definition) is 1. The van der Waals surface area contributed by atoms with Crippen molar-refractivity contribution < 1.29 is 9.53 Å². The zero-order chi connectivity index (χ0) is 14.6. The largest absolute Gasteiger partial charge is 0.469 e. The van der Waals surface area contributed by atoms with E-state index in [9.17, 15) is 4.79 Å². The van der Waals surface area contributed by atoms with Crippen molar-refractivity contribution in [2.24, 2.45) is 5.41 Å². The maximum atomic E-state index is 11.4. The van der Waals surface area contributed by atoms with Gasteiger partial charge in [-0.25, -0.2) is 9.97 Å². The lowest BCUT2D eigenvalue weighted by atomic mass is 10.1. The van der Waals surface area contributed by atoms with E-state index in [1.54, 1.807) is 18.0 Å². The SMILES string of the molecule is CCNc1ncc(Br)c(SCC2(CC(=O)OC)CC2)n1.